The van der Waals surface area contributed by atoms with E-state index in [1.165, 1.54) is 12.1 Å². The summed E-state index contributed by atoms with van der Waals surface area (Å²) in [6, 6.07) is 4.96. The van der Waals surface area contributed by atoms with Crippen molar-refractivity contribution < 1.29 is 21.2 Å². The zero-order valence-electron chi connectivity index (χ0n) is 9.05. The van der Waals surface area contributed by atoms with Crippen LogP contribution in [0.2, 0.25) is 0 Å². The van der Waals surface area contributed by atoms with Crippen LogP contribution in [0.15, 0.2) is 29.2 Å². The third-order valence-electron chi connectivity index (χ3n) is 1.91. The second-order valence-electron chi connectivity index (χ2n) is 3.42. The summed E-state index contributed by atoms with van der Waals surface area (Å²) < 4.78 is 60.1. The predicted octanol–water partition coefficient (Wildman–Crippen LogP) is 0.149. The summed E-state index contributed by atoms with van der Waals surface area (Å²) in [7, 11) is -7.26. The summed E-state index contributed by atoms with van der Waals surface area (Å²) in [5.41, 5.74) is 0. The maximum atomic E-state index is 13.2. The van der Waals surface area contributed by atoms with E-state index in [2.05, 4.69) is 0 Å². The van der Waals surface area contributed by atoms with Gasteiger partial charge in [-0.15, -0.1) is 0 Å². The van der Waals surface area contributed by atoms with Crippen molar-refractivity contribution in [2.24, 2.45) is 0 Å². The minimum atomic E-state index is -3.82. The lowest BCUT2D eigenvalue weighted by Crippen LogP contribution is -2.28. The van der Waals surface area contributed by atoms with E-state index in [0.29, 0.717) is 0 Å². The molecule has 0 bridgehead atoms. The van der Waals surface area contributed by atoms with Crippen LogP contribution >= 0.6 is 0 Å². The van der Waals surface area contributed by atoms with E-state index in [0.717, 1.165) is 18.4 Å². The molecule has 0 aliphatic carbocycles. The Morgan fingerprint density at radius 1 is 1.18 bits per heavy atom. The summed E-state index contributed by atoms with van der Waals surface area (Å²) in [4.78, 5) is -0.421. The molecule has 0 aromatic heterocycles. The molecule has 1 aromatic carbocycles. The minimum absolute atomic E-state index is 0.282. The molecular formula is C9H12FNO4S2. The molecule has 0 aliphatic rings. The lowest BCUT2D eigenvalue weighted by atomic mass is 10.3. The SMILES string of the molecule is CS(=O)(=O)NCCS(=O)(=O)c1ccccc1F. The van der Waals surface area contributed by atoms with Gasteiger partial charge in [-0.1, -0.05) is 12.1 Å². The molecular weight excluding hydrogens is 269 g/mol. The van der Waals surface area contributed by atoms with Crippen molar-refractivity contribution in [1.29, 1.82) is 0 Å². The van der Waals surface area contributed by atoms with Crippen molar-refractivity contribution in [3.63, 3.8) is 0 Å². The summed E-state index contributed by atoms with van der Waals surface area (Å²) in [5.74, 6) is -1.33. The van der Waals surface area contributed by atoms with Gasteiger partial charge in [-0.05, 0) is 12.1 Å². The zero-order chi connectivity index (χ0) is 13.1. The third-order valence-corrected chi connectivity index (χ3v) is 4.38. The fourth-order valence-corrected chi connectivity index (χ4v) is 3.01. The van der Waals surface area contributed by atoms with Crippen molar-refractivity contribution in [1.82, 2.24) is 4.72 Å². The Morgan fingerprint density at radius 2 is 1.76 bits per heavy atom. The van der Waals surface area contributed by atoms with E-state index >= 15 is 0 Å². The van der Waals surface area contributed by atoms with Gasteiger partial charge in [-0.25, -0.2) is 25.9 Å². The van der Waals surface area contributed by atoms with Crippen LogP contribution in [0.1, 0.15) is 0 Å². The van der Waals surface area contributed by atoms with Gasteiger partial charge < -0.3 is 0 Å². The number of nitrogens with one attached hydrogen (secondary N) is 1. The fraction of sp³-hybridized carbons (Fsp3) is 0.333. The number of sulfonamides is 1. The van der Waals surface area contributed by atoms with Gasteiger partial charge in [0.25, 0.3) is 0 Å². The number of hydrogen-bond acceptors (Lipinski definition) is 4. The monoisotopic (exact) mass is 281 g/mol. The van der Waals surface area contributed by atoms with Gasteiger partial charge in [0.1, 0.15) is 10.7 Å². The maximum absolute atomic E-state index is 13.2. The summed E-state index contributed by atoms with van der Waals surface area (Å²) >= 11 is 0. The molecule has 0 saturated carbocycles. The van der Waals surface area contributed by atoms with Crippen molar-refractivity contribution >= 4 is 19.9 Å². The van der Waals surface area contributed by atoms with Gasteiger partial charge in [-0.3, -0.25) is 0 Å². The molecule has 0 unspecified atom stereocenters. The average molecular weight is 281 g/mol. The molecule has 5 nitrogen and oxygen atoms in total. The molecule has 0 radical (unpaired) electrons. The number of rotatable bonds is 5. The van der Waals surface area contributed by atoms with Crippen molar-refractivity contribution in [3.05, 3.63) is 30.1 Å². The Labute approximate surface area is 99.6 Å². The number of sulfone groups is 1. The standard InChI is InChI=1S/C9H12FNO4S2/c1-16(12,13)11-6-7-17(14,15)9-5-3-2-4-8(9)10/h2-5,11H,6-7H2,1H3. The zero-order valence-corrected chi connectivity index (χ0v) is 10.7. The van der Waals surface area contributed by atoms with Gasteiger partial charge in [0.2, 0.25) is 10.0 Å². The molecule has 0 heterocycles. The Balaban J connectivity index is 2.81. The molecule has 96 valence electrons. The fourth-order valence-electron chi connectivity index (χ4n) is 1.17. The average Bonchev–Trinajstić information content (AvgIpc) is 2.15. The van der Waals surface area contributed by atoms with Gasteiger partial charge in [0, 0.05) is 6.54 Å². The number of hydrogen-bond donors (Lipinski definition) is 1. The Kier molecular flexibility index (Phi) is 4.23. The predicted molar refractivity (Wildman–Crippen MR) is 61.3 cm³/mol. The van der Waals surface area contributed by atoms with Gasteiger partial charge in [-0.2, -0.15) is 0 Å². The molecule has 1 aromatic rings. The quantitative estimate of drug-likeness (QED) is 0.833. The van der Waals surface area contributed by atoms with Gasteiger partial charge in [0.05, 0.1) is 12.0 Å². The highest BCUT2D eigenvalue weighted by Gasteiger charge is 2.18. The van der Waals surface area contributed by atoms with Crippen LogP contribution in [0.4, 0.5) is 4.39 Å². The molecule has 1 N–H and O–H groups in total. The third kappa shape index (κ3) is 4.41. The lowest BCUT2D eigenvalue weighted by molar-refractivity contribution is 0.565. The molecule has 0 spiro atoms. The smallest absolute Gasteiger partial charge is 0.208 e. The largest absolute Gasteiger partial charge is 0.224 e. The van der Waals surface area contributed by atoms with Gasteiger partial charge >= 0.3 is 0 Å². The minimum Gasteiger partial charge on any atom is -0.224 e. The lowest BCUT2D eigenvalue weighted by Gasteiger charge is -2.05. The first kappa shape index (κ1) is 14.1. The summed E-state index contributed by atoms with van der Waals surface area (Å²) in [5, 5.41) is 0. The highest BCUT2D eigenvalue weighted by Crippen LogP contribution is 2.14. The van der Waals surface area contributed by atoms with Crippen LogP contribution in [0.5, 0.6) is 0 Å². The second kappa shape index (κ2) is 5.11. The highest BCUT2D eigenvalue weighted by atomic mass is 32.2. The maximum Gasteiger partial charge on any atom is 0.208 e. The van der Waals surface area contributed by atoms with E-state index in [1.807, 2.05) is 4.72 Å². The highest BCUT2D eigenvalue weighted by molar-refractivity contribution is 7.91. The molecule has 17 heavy (non-hydrogen) atoms. The van der Waals surface area contributed by atoms with Crippen LogP contribution < -0.4 is 4.72 Å². The van der Waals surface area contributed by atoms with E-state index in [4.69, 9.17) is 0 Å². The van der Waals surface area contributed by atoms with E-state index < -0.39 is 36.3 Å². The van der Waals surface area contributed by atoms with E-state index in [9.17, 15) is 21.2 Å². The normalized spacial score (nSPS) is 12.6. The van der Waals surface area contributed by atoms with Crippen molar-refractivity contribution in [2.45, 2.75) is 4.90 Å². The van der Waals surface area contributed by atoms with Crippen LogP contribution in [-0.4, -0.2) is 35.4 Å². The van der Waals surface area contributed by atoms with Gasteiger partial charge in [0.15, 0.2) is 9.84 Å². The van der Waals surface area contributed by atoms with Crippen molar-refractivity contribution in [3.8, 4) is 0 Å². The first-order valence-corrected chi connectivity index (χ1v) is 8.19. The van der Waals surface area contributed by atoms with Crippen LogP contribution in [0, 0.1) is 5.82 Å². The first-order chi connectivity index (χ1) is 7.72. The summed E-state index contributed by atoms with van der Waals surface area (Å²) in [6.45, 7) is -0.282. The molecule has 8 heteroatoms. The number of halogens is 1. The van der Waals surface area contributed by atoms with Crippen LogP contribution in [-0.2, 0) is 19.9 Å². The first-order valence-electron chi connectivity index (χ1n) is 4.64. The molecule has 0 saturated heterocycles. The van der Waals surface area contributed by atoms with Crippen LogP contribution in [0.25, 0.3) is 0 Å². The number of benzene rings is 1. The van der Waals surface area contributed by atoms with Crippen LogP contribution in [0.3, 0.4) is 0 Å². The molecule has 0 amide bonds. The Hall–Kier alpha value is -0.990. The van der Waals surface area contributed by atoms with Crippen molar-refractivity contribution in [2.75, 3.05) is 18.6 Å². The Bertz CT molecular complexity index is 595. The molecule has 0 fully saturated rings. The van der Waals surface area contributed by atoms with E-state index in [-0.39, 0.29) is 6.54 Å². The second-order valence-corrected chi connectivity index (χ2v) is 7.33. The molecule has 0 atom stereocenters. The molecule has 0 aliphatic heterocycles. The van der Waals surface area contributed by atoms with E-state index in [1.54, 1.807) is 0 Å². The molecule has 1 rings (SSSR count). The summed E-state index contributed by atoms with van der Waals surface area (Å²) in [6.07, 6.45) is 0.919. The topological polar surface area (TPSA) is 80.3 Å². The Morgan fingerprint density at radius 3 is 2.29 bits per heavy atom.